The highest BCUT2D eigenvalue weighted by atomic mass is 16.5. The molecule has 2 aromatic carbocycles. The lowest BCUT2D eigenvalue weighted by molar-refractivity contribution is 0.0734. The van der Waals surface area contributed by atoms with Gasteiger partial charge in [0.15, 0.2) is 0 Å². The number of unbranched alkanes of at least 4 members (excludes halogenated alkanes) is 6. The zero-order valence-electron chi connectivity index (χ0n) is 19.0. The first kappa shape index (κ1) is 24.0. The number of benzene rings is 2. The topological polar surface area (TPSA) is 35.5 Å². The van der Waals surface area contributed by atoms with Crippen molar-refractivity contribution in [3.8, 4) is 11.5 Å². The van der Waals surface area contributed by atoms with Crippen molar-refractivity contribution >= 4 is 5.97 Å². The van der Waals surface area contributed by atoms with Crippen LogP contribution in [0.1, 0.15) is 94.5 Å². The molecule has 3 heteroatoms. The van der Waals surface area contributed by atoms with Crippen molar-refractivity contribution in [3.63, 3.8) is 0 Å². The standard InChI is InChI=1S/C27H38O3/c1-4-6-8-10-12-22(3)29-25-18-20-26(21-19-25)30-27(28)24-16-14-23(15-17-24)13-11-9-7-5-2/h14-22H,4-13H2,1-3H3. The number of aryl methyl sites for hydroxylation is 1. The smallest absolute Gasteiger partial charge is 0.343 e. The van der Waals surface area contributed by atoms with Crippen molar-refractivity contribution in [2.75, 3.05) is 0 Å². The summed E-state index contributed by atoms with van der Waals surface area (Å²) in [5, 5.41) is 0. The molecule has 0 fully saturated rings. The Bertz CT molecular complexity index is 719. The maximum atomic E-state index is 12.4. The van der Waals surface area contributed by atoms with E-state index < -0.39 is 0 Å². The van der Waals surface area contributed by atoms with E-state index in [1.165, 1.54) is 56.9 Å². The second-order valence-corrected chi connectivity index (χ2v) is 8.15. The molecule has 0 N–H and O–H groups in total. The molecule has 0 aliphatic rings. The van der Waals surface area contributed by atoms with Crippen molar-refractivity contribution in [1.29, 1.82) is 0 Å². The molecule has 0 saturated heterocycles. The van der Waals surface area contributed by atoms with E-state index in [1.807, 2.05) is 36.4 Å². The fourth-order valence-electron chi connectivity index (χ4n) is 3.47. The van der Waals surface area contributed by atoms with Crippen LogP contribution < -0.4 is 9.47 Å². The molecule has 164 valence electrons. The normalized spacial score (nSPS) is 11.8. The van der Waals surface area contributed by atoms with E-state index in [4.69, 9.17) is 9.47 Å². The van der Waals surface area contributed by atoms with Gasteiger partial charge in [0, 0.05) is 0 Å². The number of esters is 1. The predicted octanol–water partition coefficient (Wildman–Crippen LogP) is 7.77. The van der Waals surface area contributed by atoms with Crippen LogP contribution in [0.2, 0.25) is 0 Å². The van der Waals surface area contributed by atoms with E-state index >= 15 is 0 Å². The second-order valence-electron chi connectivity index (χ2n) is 8.15. The van der Waals surface area contributed by atoms with Gasteiger partial charge in [-0.3, -0.25) is 0 Å². The molecule has 0 amide bonds. The van der Waals surface area contributed by atoms with Gasteiger partial charge in [-0.15, -0.1) is 0 Å². The molecular weight excluding hydrogens is 372 g/mol. The van der Waals surface area contributed by atoms with Crippen LogP contribution >= 0.6 is 0 Å². The molecule has 2 rings (SSSR count). The zero-order chi connectivity index (χ0) is 21.6. The van der Waals surface area contributed by atoms with Gasteiger partial charge in [0.25, 0.3) is 0 Å². The molecule has 1 unspecified atom stereocenters. The third-order valence-corrected chi connectivity index (χ3v) is 5.34. The van der Waals surface area contributed by atoms with E-state index in [2.05, 4.69) is 20.8 Å². The van der Waals surface area contributed by atoms with Gasteiger partial charge in [0.05, 0.1) is 11.7 Å². The molecule has 1 atom stereocenters. The minimum Gasteiger partial charge on any atom is -0.491 e. The summed E-state index contributed by atoms with van der Waals surface area (Å²) in [7, 11) is 0. The lowest BCUT2D eigenvalue weighted by Crippen LogP contribution is -2.11. The molecule has 30 heavy (non-hydrogen) atoms. The molecule has 0 heterocycles. The lowest BCUT2D eigenvalue weighted by Gasteiger charge is -2.15. The Kier molecular flexibility index (Phi) is 11.1. The van der Waals surface area contributed by atoms with Crippen LogP contribution in [0, 0.1) is 0 Å². The third kappa shape index (κ3) is 9.02. The van der Waals surface area contributed by atoms with E-state index in [0.29, 0.717) is 11.3 Å². The molecule has 0 saturated carbocycles. The van der Waals surface area contributed by atoms with Crippen LogP contribution in [0.25, 0.3) is 0 Å². The molecule has 0 radical (unpaired) electrons. The summed E-state index contributed by atoms with van der Waals surface area (Å²) >= 11 is 0. The van der Waals surface area contributed by atoms with Gasteiger partial charge < -0.3 is 9.47 Å². The van der Waals surface area contributed by atoms with Crippen molar-refractivity contribution in [1.82, 2.24) is 0 Å². The summed E-state index contributed by atoms with van der Waals surface area (Å²) in [5.41, 5.74) is 1.85. The van der Waals surface area contributed by atoms with Crippen LogP contribution in [-0.4, -0.2) is 12.1 Å². The number of carbonyl (C=O) groups is 1. The Balaban J connectivity index is 1.78. The highest BCUT2D eigenvalue weighted by Gasteiger charge is 2.10. The second kappa shape index (κ2) is 13.8. The molecule has 0 bridgehead atoms. The Labute approximate surface area is 182 Å². The maximum Gasteiger partial charge on any atom is 0.343 e. The molecule has 0 aliphatic heterocycles. The quantitative estimate of drug-likeness (QED) is 0.181. The van der Waals surface area contributed by atoms with Crippen molar-refractivity contribution in [2.24, 2.45) is 0 Å². The number of hydrogen-bond acceptors (Lipinski definition) is 3. The first-order valence-electron chi connectivity index (χ1n) is 11.7. The molecule has 3 nitrogen and oxygen atoms in total. The molecule has 0 spiro atoms. The van der Waals surface area contributed by atoms with Crippen molar-refractivity contribution in [2.45, 2.75) is 91.1 Å². The highest BCUT2D eigenvalue weighted by molar-refractivity contribution is 5.91. The summed E-state index contributed by atoms with van der Waals surface area (Å²) in [6.07, 6.45) is 12.3. The summed E-state index contributed by atoms with van der Waals surface area (Å²) in [5.74, 6) is 1.02. The number of hydrogen-bond donors (Lipinski definition) is 0. The molecular formula is C27H38O3. The minimum atomic E-state index is -0.328. The third-order valence-electron chi connectivity index (χ3n) is 5.34. The van der Waals surface area contributed by atoms with Crippen LogP contribution in [0.4, 0.5) is 0 Å². The molecule has 2 aromatic rings. The Morgan fingerprint density at radius 1 is 0.767 bits per heavy atom. The maximum absolute atomic E-state index is 12.4. The average Bonchev–Trinajstić information content (AvgIpc) is 2.76. The van der Waals surface area contributed by atoms with Gasteiger partial charge in [-0.05, 0) is 74.6 Å². The SMILES string of the molecule is CCCCCCc1ccc(C(=O)Oc2ccc(OC(C)CCCCCC)cc2)cc1. The van der Waals surface area contributed by atoms with Gasteiger partial charge in [-0.2, -0.15) is 0 Å². The van der Waals surface area contributed by atoms with E-state index in [-0.39, 0.29) is 12.1 Å². The van der Waals surface area contributed by atoms with Crippen LogP contribution in [-0.2, 0) is 6.42 Å². The van der Waals surface area contributed by atoms with Crippen molar-refractivity contribution < 1.29 is 14.3 Å². The average molecular weight is 411 g/mol. The van der Waals surface area contributed by atoms with E-state index in [0.717, 1.165) is 18.6 Å². The Morgan fingerprint density at radius 3 is 2.00 bits per heavy atom. The zero-order valence-corrected chi connectivity index (χ0v) is 19.0. The van der Waals surface area contributed by atoms with Gasteiger partial charge >= 0.3 is 5.97 Å². The van der Waals surface area contributed by atoms with Crippen molar-refractivity contribution in [3.05, 3.63) is 59.7 Å². The monoisotopic (exact) mass is 410 g/mol. The van der Waals surface area contributed by atoms with Crippen LogP contribution in [0.15, 0.2) is 48.5 Å². The summed E-state index contributed by atoms with van der Waals surface area (Å²) in [6.45, 7) is 6.55. The van der Waals surface area contributed by atoms with Crippen LogP contribution in [0.3, 0.4) is 0 Å². The van der Waals surface area contributed by atoms with Gasteiger partial charge in [0.1, 0.15) is 11.5 Å². The van der Waals surface area contributed by atoms with E-state index in [1.54, 1.807) is 12.1 Å². The number of rotatable bonds is 14. The fraction of sp³-hybridized carbons (Fsp3) is 0.519. The van der Waals surface area contributed by atoms with Gasteiger partial charge in [-0.25, -0.2) is 4.79 Å². The summed E-state index contributed by atoms with van der Waals surface area (Å²) in [6, 6.07) is 15.1. The largest absolute Gasteiger partial charge is 0.491 e. The Morgan fingerprint density at radius 2 is 1.37 bits per heavy atom. The molecule has 0 aromatic heterocycles. The van der Waals surface area contributed by atoms with Gasteiger partial charge in [-0.1, -0.05) is 64.5 Å². The first-order valence-corrected chi connectivity index (χ1v) is 11.7. The number of ether oxygens (including phenoxy) is 2. The highest BCUT2D eigenvalue weighted by Crippen LogP contribution is 2.21. The Hall–Kier alpha value is -2.29. The van der Waals surface area contributed by atoms with Crippen LogP contribution in [0.5, 0.6) is 11.5 Å². The van der Waals surface area contributed by atoms with E-state index in [9.17, 15) is 4.79 Å². The lowest BCUT2D eigenvalue weighted by atomic mass is 10.0. The summed E-state index contributed by atoms with van der Waals surface area (Å²) < 4.78 is 11.5. The summed E-state index contributed by atoms with van der Waals surface area (Å²) in [4.78, 5) is 12.4. The fourth-order valence-corrected chi connectivity index (χ4v) is 3.47. The first-order chi connectivity index (χ1) is 14.6. The van der Waals surface area contributed by atoms with Gasteiger partial charge in [0.2, 0.25) is 0 Å². The minimum absolute atomic E-state index is 0.191. The number of carbonyl (C=O) groups excluding carboxylic acids is 1. The predicted molar refractivity (Wildman–Crippen MR) is 125 cm³/mol. The molecule has 0 aliphatic carbocycles.